The average Bonchev–Trinajstić information content (AvgIpc) is 2.71. The third-order valence-corrected chi connectivity index (χ3v) is 3.61. The van der Waals surface area contributed by atoms with Gasteiger partial charge in [0.25, 0.3) is 11.8 Å². The van der Waals surface area contributed by atoms with Crippen LogP contribution in [0.25, 0.3) is 0 Å². The van der Waals surface area contributed by atoms with Gasteiger partial charge in [0.1, 0.15) is 5.75 Å². The van der Waals surface area contributed by atoms with Gasteiger partial charge in [-0.3, -0.25) is 24.5 Å². The van der Waals surface area contributed by atoms with E-state index in [1.165, 1.54) is 12.1 Å². The van der Waals surface area contributed by atoms with E-state index < -0.39 is 31.0 Å². The van der Waals surface area contributed by atoms with E-state index in [4.69, 9.17) is 4.74 Å². The number of hydrogen-bond donors (Lipinski definition) is 1. The zero-order valence-corrected chi connectivity index (χ0v) is 15.1. The van der Waals surface area contributed by atoms with Crippen molar-refractivity contribution in [3.8, 4) is 5.75 Å². The highest BCUT2D eigenvalue weighted by Crippen LogP contribution is 2.14. The first kappa shape index (κ1) is 21.7. The largest absolute Gasteiger partial charge is 0.456 e. The van der Waals surface area contributed by atoms with E-state index in [2.05, 4.69) is 4.74 Å². The molecule has 2 amide bonds. The first-order valence-electron chi connectivity index (χ1n) is 8.48. The molecule has 0 aromatic heterocycles. The maximum Gasteiger partial charge on any atom is 0.387 e. The monoisotopic (exact) mass is 405 g/mol. The van der Waals surface area contributed by atoms with Crippen molar-refractivity contribution in [1.82, 2.24) is 5.32 Å². The molecule has 0 radical (unpaired) electrons. The molecule has 0 bridgehead atoms. The second kappa shape index (κ2) is 10.6. The number of carbonyl (C=O) groups excluding carboxylic acids is 4. The zero-order valence-electron chi connectivity index (χ0n) is 15.1. The number of nitrogens with one attached hydrogen (secondary N) is 1. The van der Waals surface area contributed by atoms with E-state index in [0.717, 1.165) is 12.1 Å². The van der Waals surface area contributed by atoms with Gasteiger partial charge < -0.3 is 9.47 Å². The molecule has 0 unspecified atom stereocenters. The van der Waals surface area contributed by atoms with Crippen molar-refractivity contribution in [1.29, 1.82) is 0 Å². The minimum atomic E-state index is -2.99. The SMILES string of the molecule is O=C(COC(=O)CCC(=O)c1ccccc1)NC(=O)c1ccc(OC(F)F)cc1. The highest BCUT2D eigenvalue weighted by atomic mass is 19.3. The number of alkyl halides is 2. The molecule has 29 heavy (non-hydrogen) atoms. The summed E-state index contributed by atoms with van der Waals surface area (Å²) in [5.41, 5.74) is 0.494. The van der Waals surface area contributed by atoms with Crippen LogP contribution in [0.5, 0.6) is 5.75 Å². The molecule has 2 aromatic rings. The molecule has 152 valence electrons. The summed E-state index contributed by atoms with van der Waals surface area (Å²) in [5.74, 6) is -2.80. The lowest BCUT2D eigenvalue weighted by Gasteiger charge is -2.07. The first-order valence-corrected chi connectivity index (χ1v) is 8.48. The highest BCUT2D eigenvalue weighted by Gasteiger charge is 2.15. The topological polar surface area (TPSA) is 98.8 Å². The smallest absolute Gasteiger partial charge is 0.387 e. The molecule has 0 aliphatic heterocycles. The Labute approximate surface area is 164 Å². The van der Waals surface area contributed by atoms with Gasteiger partial charge in [-0.05, 0) is 24.3 Å². The number of benzene rings is 2. The number of ether oxygens (including phenoxy) is 2. The summed E-state index contributed by atoms with van der Waals surface area (Å²) in [6.07, 6.45) is -0.281. The van der Waals surface area contributed by atoms with Crippen LogP contribution in [0.3, 0.4) is 0 Å². The molecular formula is C20H17F2NO6. The number of ketones is 1. The van der Waals surface area contributed by atoms with Gasteiger partial charge in [0.15, 0.2) is 12.4 Å². The van der Waals surface area contributed by atoms with Gasteiger partial charge in [0.2, 0.25) is 0 Å². The van der Waals surface area contributed by atoms with Crippen molar-refractivity contribution in [3.63, 3.8) is 0 Å². The second-order valence-electron chi connectivity index (χ2n) is 5.73. The van der Waals surface area contributed by atoms with Crippen LogP contribution in [0, 0.1) is 0 Å². The quantitative estimate of drug-likeness (QED) is 0.509. The van der Waals surface area contributed by atoms with Gasteiger partial charge in [-0.2, -0.15) is 8.78 Å². The summed E-state index contributed by atoms with van der Waals surface area (Å²) < 4.78 is 33.0. The van der Waals surface area contributed by atoms with Crippen LogP contribution in [0.2, 0.25) is 0 Å². The van der Waals surface area contributed by atoms with Crippen LogP contribution in [0.15, 0.2) is 54.6 Å². The van der Waals surface area contributed by atoms with Crippen molar-refractivity contribution in [2.45, 2.75) is 19.5 Å². The number of rotatable bonds is 9. The van der Waals surface area contributed by atoms with Crippen LogP contribution in [0.1, 0.15) is 33.6 Å². The number of carbonyl (C=O) groups is 4. The molecule has 0 saturated carbocycles. The van der Waals surface area contributed by atoms with Crippen LogP contribution in [0.4, 0.5) is 8.78 Å². The van der Waals surface area contributed by atoms with E-state index in [1.54, 1.807) is 30.3 Å². The summed E-state index contributed by atoms with van der Waals surface area (Å²) in [5, 5.41) is 1.99. The predicted octanol–water partition coefficient (Wildman–Crippen LogP) is 2.75. The molecular weight excluding hydrogens is 388 g/mol. The van der Waals surface area contributed by atoms with Crippen molar-refractivity contribution in [3.05, 3.63) is 65.7 Å². The molecule has 0 spiro atoms. The molecule has 0 fully saturated rings. The van der Waals surface area contributed by atoms with E-state index >= 15 is 0 Å². The summed E-state index contributed by atoms with van der Waals surface area (Å²) in [6.45, 7) is -3.69. The van der Waals surface area contributed by atoms with Crippen molar-refractivity contribution >= 4 is 23.6 Å². The molecule has 0 aliphatic carbocycles. The molecule has 0 saturated heterocycles. The molecule has 9 heteroatoms. The van der Waals surface area contributed by atoms with Gasteiger partial charge >= 0.3 is 12.6 Å². The fraction of sp³-hybridized carbons (Fsp3) is 0.200. The second-order valence-corrected chi connectivity index (χ2v) is 5.73. The number of halogens is 2. The number of Topliss-reactive ketones (excluding diaryl/α,β-unsaturated/α-hetero) is 1. The maximum atomic E-state index is 12.1. The van der Waals surface area contributed by atoms with Gasteiger partial charge in [0, 0.05) is 17.5 Å². The average molecular weight is 405 g/mol. The Kier molecular flexibility index (Phi) is 7.96. The van der Waals surface area contributed by atoms with E-state index in [1.807, 2.05) is 5.32 Å². The molecule has 2 aromatic carbocycles. The molecule has 0 atom stereocenters. The number of hydrogen-bond acceptors (Lipinski definition) is 6. The summed E-state index contributed by atoms with van der Waals surface area (Å²) in [6, 6.07) is 13.1. The molecule has 7 nitrogen and oxygen atoms in total. The highest BCUT2D eigenvalue weighted by molar-refractivity contribution is 6.05. The standard InChI is InChI=1S/C20H17F2NO6/c21-20(22)29-15-8-6-14(7-9-15)19(27)23-17(25)12-28-18(26)11-10-16(24)13-4-2-1-3-5-13/h1-9,20H,10-12H2,(H,23,25,27). The fourth-order valence-electron chi connectivity index (χ4n) is 2.22. The number of imide groups is 1. The summed E-state index contributed by atoms with van der Waals surface area (Å²) in [7, 11) is 0. The van der Waals surface area contributed by atoms with E-state index in [-0.39, 0.29) is 29.9 Å². The Morgan fingerprint density at radius 2 is 1.52 bits per heavy atom. The minimum Gasteiger partial charge on any atom is -0.456 e. The lowest BCUT2D eigenvalue weighted by molar-refractivity contribution is -0.148. The normalized spacial score (nSPS) is 10.3. The van der Waals surface area contributed by atoms with Gasteiger partial charge in [0.05, 0.1) is 6.42 Å². The predicted molar refractivity (Wildman–Crippen MR) is 96.5 cm³/mol. The van der Waals surface area contributed by atoms with Crippen molar-refractivity contribution < 1.29 is 37.4 Å². The Balaban J connectivity index is 1.72. The van der Waals surface area contributed by atoms with Crippen LogP contribution in [-0.4, -0.2) is 36.8 Å². The van der Waals surface area contributed by atoms with E-state index in [9.17, 15) is 28.0 Å². The molecule has 0 aliphatic rings. The minimum absolute atomic E-state index is 0.0275. The van der Waals surface area contributed by atoms with Gasteiger partial charge in [-0.1, -0.05) is 30.3 Å². The summed E-state index contributed by atoms with van der Waals surface area (Å²) >= 11 is 0. The van der Waals surface area contributed by atoms with Gasteiger partial charge in [-0.25, -0.2) is 0 Å². The Bertz CT molecular complexity index is 868. The Hall–Kier alpha value is -3.62. The molecule has 1 N–H and O–H groups in total. The molecule has 2 rings (SSSR count). The third-order valence-electron chi connectivity index (χ3n) is 3.61. The maximum absolute atomic E-state index is 12.1. The van der Waals surface area contributed by atoms with Gasteiger partial charge in [-0.15, -0.1) is 0 Å². The Morgan fingerprint density at radius 3 is 2.14 bits per heavy atom. The Morgan fingerprint density at radius 1 is 0.862 bits per heavy atom. The first-order chi connectivity index (χ1) is 13.8. The van der Waals surface area contributed by atoms with Crippen LogP contribution < -0.4 is 10.1 Å². The third kappa shape index (κ3) is 7.49. The fourth-order valence-corrected chi connectivity index (χ4v) is 2.22. The van der Waals surface area contributed by atoms with Crippen molar-refractivity contribution in [2.24, 2.45) is 0 Å². The molecule has 0 heterocycles. The lowest BCUT2D eigenvalue weighted by Crippen LogP contribution is -2.34. The number of amides is 2. The summed E-state index contributed by atoms with van der Waals surface area (Å²) in [4.78, 5) is 47.1. The van der Waals surface area contributed by atoms with E-state index in [0.29, 0.717) is 5.56 Å². The van der Waals surface area contributed by atoms with Crippen LogP contribution in [-0.2, 0) is 14.3 Å². The van der Waals surface area contributed by atoms with Crippen molar-refractivity contribution in [2.75, 3.05) is 6.61 Å². The number of esters is 1. The zero-order chi connectivity index (χ0) is 21.2. The van der Waals surface area contributed by atoms with Crippen LogP contribution >= 0.6 is 0 Å². The lowest BCUT2D eigenvalue weighted by atomic mass is 10.1.